The molecule has 0 spiro atoms. The molecule has 0 bridgehead atoms. The summed E-state index contributed by atoms with van der Waals surface area (Å²) < 4.78 is 0. The molecule has 0 N–H and O–H groups in total. The second-order valence-corrected chi connectivity index (χ2v) is 9.80. The fraction of sp³-hybridized carbons (Fsp3) is 0.839. The number of hydrogen-bond donors (Lipinski definition) is 0. The number of rotatable bonds is 26. The van der Waals surface area contributed by atoms with Gasteiger partial charge in [-0.3, -0.25) is 4.79 Å². The third-order valence-corrected chi connectivity index (χ3v) is 6.47. The first-order valence-electron chi connectivity index (χ1n) is 14.6. The van der Waals surface area contributed by atoms with E-state index in [1.807, 2.05) is 0 Å². The zero-order chi connectivity index (χ0) is 23.4. The molecular weight excluding hydrogens is 388 g/mol. The second kappa shape index (κ2) is 28.2. The van der Waals surface area contributed by atoms with E-state index in [9.17, 15) is 4.79 Å². The normalized spacial score (nSPS) is 11.8. The fourth-order valence-corrected chi connectivity index (χ4v) is 4.24. The topological polar surface area (TPSA) is 17.1 Å². The van der Waals surface area contributed by atoms with Gasteiger partial charge in [-0.2, -0.15) is 0 Å². The van der Waals surface area contributed by atoms with Gasteiger partial charge < -0.3 is 0 Å². The number of ketones is 1. The third-order valence-electron chi connectivity index (χ3n) is 6.47. The maximum Gasteiger partial charge on any atom is 0.132 e. The van der Waals surface area contributed by atoms with E-state index in [2.05, 4.69) is 38.2 Å². The van der Waals surface area contributed by atoms with Gasteiger partial charge in [0.25, 0.3) is 0 Å². The van der Waals surface area contributed by atoms with Crippen LogP contribution in [0, 0.1) is 0 Å². The van der Waals surface area contributed by atoms with E-state index in [1.54, 1.807) is 0 Å². The summed E-state index contributed by atoms with van der Waals surface area (Å²) in [7, 11) is 0. The van der Waals surface area contributed by atoms with Crippen molar-refractivity contribution < 1.29 is 4.79 Å². The lowest BCUT2D eigenvalue weighted by molar-refractivity contribution is -0.119. The SMILES string of the molecule is CCCCC/C=C\C/C=C\CCCCCCCCC(=O)CCCCCCCCCCCC. The number of carbonyl (C=O) groups excluding carboxylic acids is 1. The predicted octanol–water partition coefficient (Wildman–Crippen LogP) is 11.1. The van der Waals surface area contributed by atoms with E-state index in [0.29, 0.717) is 5.78 Å². The standard InChI is InChI=1S/C31H58O/c1-3-5-7-9-11-13-15-16-17-18-19-20-22-24-26-28-30-31(32)29-27-25-23-21-14-12-10-8-6-4-2/h11,13,16-17H,3-10,12,14-15,18-30H2,1-2H3/b13-11-,17-16-. The molecule has 188 valence electrons. The molecule has 0 rings (SSSR count). The largest absolute Gasteiger partial charge is 0.300 e. The maximum atomic E-state index is 12.0. The Balaban J connectivity index is 3.24. The van der Waals surface area contributed by atoms with Crippen LogP contribution in [0.3, 0.4) is 0 Å². The average molecular weight is 447 g/mol. The molecule has 0 aromatic heterocycles. The summed E-state index contributed by atoms with van der Waals surface area (Å²) in [4.78, 5) is 12.0. The predicted molar refractivity (Wildman–Crippen MR) is 145 cm³/mol. The molecule has 1 heteroatoms. The highest BCUT2D eigenvalue weighted by Crippen LogP contribution is 2.13. The van der Waals surface area contributed by atoms with E-state index in [1.165, 1.54) is 122 Å². The van der Waals surface area contributed by atoms with Gasteiger partial charge in [-0.15, -0.1) is 0 Å². The van der Waals surface area contributed by atoms with Crippen molar-refractivity contribution in [2.24, 2.45) is 0 Å². The van der Waals surface area contributed by atoms with Gasteiger partial charge in [-0.25, -0.2) is 0 Å². The summed E-state index contributed by atoms with van der Waals surface area (Å²) >= 11 is 0. The van der Waals surface area contributed by atoms with Crippen LogP contribution in [0.4, 0.5) is 0 Å². The molecule has 0 saturated heterocycles. The van der Waals surface area contributed by atoms with Crippen LogP contribution in [0.15, 0.2) is 24.3 Å². The van der Waals surface area contributed by atoms with E-state index >= 15 is 0 Å². The molecule has 0 unspecified atom stereocenters. The molecule has 0 fully saturated rings. The number of Topliss-reactive ketones (excluding diaryl/α,β-unsaturated/α-hetero) is 1. The first-order chi connectivity index (χ1) is 15.8. The Bertz CT molecular complexity index is 420. The second-order valence-electron chi connectivity index (χ2n) is 9.80. The van der Waals surface area contributed by atoms with Gasteiger partial charge in [0.05, 0.1) is 0 Å². The fourth-order valence-electron chi connectivity index (χ4n) is 4.24. The minimum Gasteiger partial charge on any atom is -0.300 e. The van der Waals surface area contributed by atoms with Crippen molar-refractivity contribution in [3.63, 3.8) is 0 Å². The molecule has 0 amide bonds. The third kappa shape index (κ3) is 27.2. The molecular formula is C31H58O. The van der Waals surface area contributed by atoms with Gasteiger partial charge in [0.15, 0.2) is 0 Å². The summed E-state index contributed by atoms with van der Waals surface area (Å²) in [6, 6.07) is 0. The molecule has 1 nitrogen and oxygen atoms in total. The molecule has 0 radical (unpaired) electrons. The molecule has 0 saturated carbocycles. The lowest BCUT2D eigenvalue weighted by atomic mass is 10.0. The van der Waals surface area contributed by atoms with Gasteiger partial charge in [-0.1, -0.05) is 134 Å². The van der Waals surface area contributed by atoms with Gasteiger partial charge in [0.2, 0.25) is 0 Å². The highest BCUT2D eigenvalue weighted by Gasteiger charge is 2.02. The van der Waals surface area contributed by atoms with Crippen molar-refractivity contribution in [3.05, 3.63) is 24.3 Å². The smallest absolute Gasteiger partial charge is 0.132 e. The summed E-state index contributed by atoms with van der Waals surface area (Å²) in [5.41, 5.74) is 0. The van der Waals surface area contributed by atoms with Crippen LogP contribution in [-0.2, 0) is 4.79 Å². The lowest BCUT2D eigenvalue weighted by Gasteiger charge is -2.03. The van der Waals surface area contributed by atoms with E-state index < -0.39 is 0 Å². The number of hydrogen-bond acceptors (Lipinski definition) is 1. The van der Waals surface area contributed by atoms with Crippen molar-refractivity contribution >= 4 is 5.78 Å². The summed E-state index contributed by atoms with van der Waals surface area (Å²) in [5, 5.41) is 0. The summed E-state index contributed by atoms with van der Waals surface area (Å²) in [6.45, 7) is 4.53. The first kappa shape index (κ1) is 31.1. The van der Waals surface area contributed by atoms with Crippen molar-refractivity contribution in [3.8, 4) is 0 Å². The van der Waals surface area contributed by atoms with Crippen LogP contribution in [0.5, 0.6) is 0 Å². The highest BCUT2D eigenvalue weighted by molar-refractivity contribution is 5.78. The van der Waals surface area contributed by atoms with Gasteiger partial charge in [-0.05, 0) is 44.9 Å². The van der Waals surface area contributed by atoms with E-state index in [4.69, 9.17) is 0 Å². The van der Waals surface area contributed by atoms with Crippen LogP contribution in [-0.4, -0.2) is 5.78 Å². The summed E-state index contributed by atoms with van der Waals surface area (Å²) in [6.07, 6.45) is 39.6. The minimum absolute atomic E-state index is 0.508. The molecule has 0 atom stereocenters. The van der Waals surface area contributed by atoms with Crippen molar-refractivity contribution in [1.29, 1.82) is 0 Å². The van der Waals surface area contributed by atoms with Crippen LogP contribution in [0.2, 0.25) is 0 Å². The molecule has 0 aromatic rings. The molecule has 0 aliphatic rings. The zero-order valence-corrected chi connectivity index (χ0v) is 22.2. The lowest BCUT2D eigenvalue weighted by Crippen LogP contribution is -1.97. The minimum atomic E-state index is 0.508. The van der Waals surface area contributed by atoms with Crippen LogP contribution in [0.1, 0.15) is 168 Å². The Morgan fingerprint density at radius 2 is 0.781 bits per heavy atom. The Morgan fingerprint density at radius 3 is 1.25 bits per heavy atom. The molecule has 0 aromatic carbocycles. The monoisotopic (exact) mass is 446 g/mol. The van der Waals surface area contributed by atoms with E-state index in [0.717, 1.165) is 32.1 Å². The Hall–Kier alpha value is -0.850. The zero-order valence-electron chi connectivity index (χ0n) is 22.2. The van der Waals surface area contributed by atoms with Gasteiger partial charge in [0, 0.05) is 12.8 Å². The van der Waals surface area contributed by atoms with Gasteiger partial charge >= 0.3 is 0 Å². The highest BCUT2D eigenvalue weighted by atomic mass is 16.1. The average Bonchev–Trinajstić information content (AvgIpc) is 2.80. The molecule has 32 heavy (non-hydrogen) atoms. The Morgan fingerprint density at radius 1 is 0.438 bits per heavy atom. The van der Waals surface area contributed by atoms with Crippen LogP contribution >= 0.6 is 0 Å². The summed E-state index contributed by atoms with van der Waals surface area (Å²) in [5.74, 6) is 0.508. The van der Waals surface area contributed by atoms with Gasteiger partial charge in [0.1, 0.15) is 5.78 Å². The number of unbranched alkanes of at least 4 members (excludes halogenated alkanes) is 18. The molecule has 0 heterocycles. The quantitative estimate of drug-likeness (QED) is 0.0953. The Kier molecular flexibility index (Phi) is 27.4. The number of allylic oxidation sites excluding steroid dienone is 4. The van der Waals surface area contributed by atoms with Crippen molar-refractivity contribution in [1.82, 2.24) is 0 Å². The van der Waals surface area contributed by atoms with Crippen molar-refractivity contribution in [2.45, 2.75) is 168 Å². The van der Waals surface area contributed by atoms with E-state index in [-0.39, 0.29) is 0 Å². The van der Waals surface area contributed by atoms with Crippen LogP contribution in [0.25, 0.3) is 0 Å². The first-order valence-corrected chi connectivity index (χ1v) is 14.6. The van der Waals surface area contributed by atoms with Crippen molar-refractivity contribution in [2.75, 3.05) is 0 Å². The Labute approximate surface area is 202 Å². The molecule has 0 aliphatic heterocycles. The molecule has 0 aliphatic carbocycles. The number of carbonyl (C=O) groups is 1. The maximum absolute atomic E-state index is 12.0. The van der Waals surface area contributed by atoms with Crippen LogP contribution < -0.4 is 0 Å².